The van der Waals surface area contributed by atoms with Crippen LogP contribution in [0.1, 0.15) is 25.8 Å². The lowest BCUT2D eigenvalue weighted by molar-refractivity contribution is -0.147. The normalized spacial score (nSPS) is 10.7. The molecule has 0 aliphatic carbocycles. The van der Waals surface area contributed by atoms with Crippen molar-refractivity contribution in [3.8, 4) is 0 Å². The minimum atomic E-state index is -0.977. The van der Waals surface area contributed by atoms with E-state index in [1.807, 2.05) is 30.3 Å². The van der Waals surface area contributed by atoms with Crippen molar-refractivity contribution in [1.82, 2.24) is 4.90 Å². The number of amides is 1. The largest absolute Gasteiger partial charge is 0.469 e. The number of rotatable bonds is 7. The maximum absolute atomic E-state index is 12.4. The maximum Gasteiger partial charge on any atom is 0.411 e. The first-order valence-electron chi connectivity index (χ1n) is 7.42. The summed E-state index contributed by atoms with van der Waals surface area (Å²) in [6, 6.07) is 9.15. The summed E-state index contributed by atoms with van der Waals surface area (Å²) >= 11 is 0. The van der Waals surface area contributed by atoms with E-state index in [9.17, 15) is 14.4 Å². The molecule has 0 spiro atoms. The highest BCUT2D eigenvalue weighted by molar-refractivity contribution is 5.79. The van der Waals surface area contributed by atoms with Gasteiger partial charge in [-0.3, -0.25) is 14.5 Å². The smallest absolute Gasteiger partial charge is 0.411 e. The number of esters is 2. The monoisotopic (exact) mass is 337 g/mol. The van der Waals surface area contributed by atoms with Gasteiger partial charge in [0.25, 0.3) is 0 Å². The van der Waals surface area contributed by atoms with Crippen molar-refractivity contribution in [2.75, 3.05) is 20.8 Å². The molecule has 0 N–H and O–H groups in total. The second-order valence-electron chi connectivity index (χ2n) is 5.77. The Morgan fingerprint density at radius 3 is 2.12 bits per heavy atom. The summed E-state index contributed by atoms with van der Waals surface area (Å²) in [5.74, 6) is -1.10. The molecule has 0 atom stereocenters. The summed E-state index contributed by atoms with van der Waals surface area (Å²) < 4.78 is 14.5. The molecule has 1 aromatic rings. The number of ether oxygens (including phenoxy) is 3. The molecule has 0 aliphatic heterocycles. The fourth-order valence-corrected chi connectivity index (χ4v) is 2.04. The zero-order valence-corrected chi connectivity index (χ0v) is 14.4. The maximum atomic E-state index is 12.4. The van der Waals surface area contributed by atoms with Crippen LogP contribution in [0, 0.1) is 0 Å². The Hall–Kier alpha value is -2.57. The second-order valence-corrected chi connectivity index (χ2v) is 5.77. The average Bonchev–Trinajstić information content (AvgIpc) is 2.57. The Balaban J connectivity index is 2.85. The highest BCUT2D eigenvalue weighted by Gasteiger charge is 2.36. The Bertz CT molecular complexity index is 570. The van der Waals surface area contributed by atoms with Crippen molar-refractivity contribution < 1.29 is 28.6 Å². The van der Waals surface area contributed by atoms with Crippen LogP contribution in [0.25, 0.3) is 0 Å². The summed E-state index contributed by atoms with van der Waals surface area (Å²) in [6.07, 6.45) is -0.792. The molecule has 7 heteroatoms. The molecule has 0 aromatic heterocycles. The van der Waals surface area contributed by atoms with Crippen molar-refractivity contribution >= 4 is 18.0 Å². The van der Waals surface area contributed by atoms with Gasteiger partial charge in [-0.25, -0.2) is 4.79 Å². The summed E-state index contributed by atoms with van der Waals surface area (Å²) in [7, 11) is 2.49. The molecule has 1 aromatic carbocycles. The Morgan fingerprint density at radius 1 is 1.00 bits per heavy atom. The van der Waals surface area contributed by atoms with Gasteiger partial charge >= 0.3 is 18.0 Å². The van der Waals surface area contributed by atoms with E-state index in [0.717, 1.165) is 5.56 Å². The van der Waals surface area contributed by atoms with Gasteiger partial charge in [-0.2, -0.15) is 0 Å². The molecule has 0 bridgehead atoms. The highest BCUT2D eigenvalue weighted by atomic mass is 16.6. The van der Waals surface area contributed by atoms with Gasteiger partial charge in [-0.15, -0.1) is 0 Å². The fraction of sp³-hybridized carbons (Fsp3) is 0.471. The van der Waals surface area contributed by atoms with Crippen LogP contribution in [0.15, 0.2) is 30.3 Å². The van der Waals surface area contributed by atoms with Gasteiger partial charge in [0.1, 0.15) is 13.2 Å². The Labute approximate surface area is 141 Å². The summed E-state index contributed by atoms with van der Waals surface area (Å²) in [6.45, 7) is 3.03. The molecule has 7 nitrogen and oxygen atoms in total. The molecule has 1 rings (SSSR count). The second kappa shape index (κ2) is 8.90. The minimum absolute atomic E-state index is 0.0612. The highest BCUT2D eigenvalue weighted by Crippen LogP contribution is 2.21. The molecule has 0 unspecified atom stereocenters. The first-order chi connectivity index (χ1) is 11.3. The fourth-order valence-electron chi connectivity index (χ4n) is 2.04. The molecule has 0 saturated carbocycles. The van der Waals surface area contributed by atoms with Crippen molar-refractivity contribution in [2.45, 2.75) is 32.4 Å². The van der Waals surface area contributed by atoms with E-state index in [-0.39, 0.29) is 19.6 Å². The van der Waals surface area contributed by atoms with E-state index in [1.165, 1.54) is 19.1 Å². The number of benzene rings is 1. The Kier molecular flexibility index (Phi) is 7.23. The predicted octanol–water partition coefficient (Wildman–Crippen LogP) is 2.14. The van der Waals surface area contributed by atoms with E-state index in [4.69, 9.17) is 4.74 Å². The lowest BCUT2D eigenvalue weighted by atomic mass is 9.98. The zero-order valence-electron chi connectivity index (χ0n) is 14.4. The van der Waals surface area contributed by atoms with Gasteiger partial charge in [-0.1, -0.05) is 30.3 Å². The molecule has 1 amide bonds. The topological polar surface area (TPSA) is 82.1 Å². The molecule has 0 radical (unpaired) electrons. The van der Waals surface area contributed by atoms with Gasteiger partial charge in [0.05, 0.1) is 26.2 Å². The molecule has 132 valence electrons. The van der Waals surface area contributed by atoms with Crippen LogP contribution >= 0.6 is 0 Å². The molecule has 0 heterocycles. The van der Waals surface area contributed by atoms with Crippen molar-refractivity contribution in [3.63, 3.8) is 0 Å². The van der Waals surface area contributed by atoms with Crippen LogP contribution < -0.4 is 0 Å². The first kappa shape index (κ1) is 19.5. The van der Waals surface area contributed by atoms with Gasteiger partial charge in [0.15, 0.2) is 0 Å². The van der Waals surface area contributed by atoms with Crippen LogP contribution in [0.2, 0.25) is 0 Å². The first-order valence-corrected chi connectivity index (χ1v) is 7.42. The van der Waals surface area contributed by atoms with Crippen LogP contribution in [0.5, 0.6) is 0 Å². The van der Waals surface area contributed by atoms with E-state index in [2.05, 4.69) is 9.47 Å². The molecule has 0 saturated heterocycles. The number of carbonyl (C=O) groups is 3. The van der Waals surface area contributed by atoms with Crippen LogP contribution in [0.3, 0.4) is 0 Å². The quantitative estimate of drug-likeness (QED) is 0.560. The number of nitrogens with zero attached hydrogens (tertiary/aromatic N) is 1. The zero-order chi connectivity index (χ0) is 18.2. The number of methoxy groups -OCH3 is 2. The number of hydrogen-bond donors (Lipinski definition) is 0. The van der Waals surface area contributed by atoms with Crippen molar-refractivity contribution in [1.29, 1.82) is 0 Å². The summed E-state index contributed by atoms with van der Waals surface area (Å²) in [4.78, 5) is 36.8. The number of hydrogen-bond acceptors (Lipinski definition) is 6. The standard InChI is InChI=1S/C17H23NO6/c1-17(2,10-14(19)22-3)18(11-15(20)23-4)16(21)24-12-13-8-6-5-7-9-13/h5-9H,10-12H2,1-4H3. The van der Waals surface area contributed by atoms with E-state index >= 15 is 0 Å². The van der Waals surface area contributed by atoms with E-state index in [1.54, 1.807) is 13.8 Å². The van der Waals surface area contributed by atoms with Gasteiger partial charge in [0, 0.05) is 0 Å². The number of carbonyl (C=O) groups excluding carboxylic acids is 3. The molecule has 24 heavy (non-hydrogen) atoms. The molecular formula is C17H23NO6. The predicted molar refractivity (Wildman–Crippen MR) is 86.1 cm³/mol. The Morgan fingerprint density at radius 2 is 1.58 bits per heavy atom. The lowest BCUT2D eigenvalue weighted by Gasteiger charge is -2.36. The summed E-state index contributed by atoms with van der Waals surface area (Å²) in [5, 5.41) is 0. The molecule has 0 fully saturated rings. The molecule has 0 aliphatic rings. The third-order valence-corrected chi connectivity index (χ3v) is 3.48. The van der Waals surface area contributed by atoms with Crippen molar-refractivity contribution in [3.05, 3.63) is 35.9 Å². The van der Waals surface area contributed by atoms with E-state index in [0.29, 0.717) is 0 Å². The molecular weight excluding hydrogens is 314 g/mol. The van der Waals surface area contributed by atoms with Crippen LogP contribution in [-0.2, 0) is 30.4 Å². The third kappa shape index (κ3) is 5.91. The van der Waals surface area contributed by atoms with Gasteiger partial charge in [0.2, 0.25) is 0 Å². The SMILES string of the molecule is COC(=O)CN(C(=O)OCc1ccccc1)C(C)(C)CC(=O)OC. The average molecular weight is 337 g/mol. The third-order valence-electron chi connectivity index (χ3n) is 3.48. The van der Waals surface area contributed by atoms with Crippen molar-refractivity contribution in [2.24, 2.45) is 0 Å². The van der Waals surface area contributed by atoms with E-state index < -0.39 is 23.6 Å². The lowest BCUT2D eigenvalue weighted by Crippen LogP contribution is -2.51. The summed E-state index contributed by atoms with van der Waals surface area (Å²) in [5.41, 5.74) is -0.163. The minimum Gasteiger partial charge on any atom is -0.469 e. The van der Waals surface area contributed by atoms with Gasteiger partial charge in [-0.05, 0) is 19.4 Å². The van der Waals surface area contributed by atoms with Gasteiger partial charge < -0.3 is 14.2 Å². The van der Waals surface area contributed by atoms with Crippen LogP contribution in [-0.4, -0.2) is 49.2 Å². The van der Waals surface area contributed by atoms with Crippen LogP contribution in [0.4, 0.5) is 4.79 Å².